The first-order valence-corrected chi connectivity index (χ1v) is 9.60. The molecule has 1 saturated carbocycles. The van der Waals surface area contributed by atoms with Crippen LogP contribution >= 0.6 is 0 Å². The standard InChI is InChI=1S/C21H27N3O2/c1-23(13-15-12-20(25)24(14-15)17-7-3-4-8-17)19-11-10-16-6-5-9-18(26-2)21(16)22-19/h5-6,9-11,15,17H,3-4,7-8,12-14H2,1-2H3. The number of benzene rings is 1. The zero-order chi connectivity index (χ0) is 18.1. The third-order valence-electron chi connectivity index (χ3n) is 5.82. The van der Waals surface area contributed by atoms with E-state index in [1.54, 1.807) is 7.11 Å². The molecule has 1 aromatic carbocycles. The van der Waals surface area contributed by atoms with Crippen LogP contribution in [-0.4, -0.2) is 49.1 Å². The predicted octanol–water partition coefficient (Wildman–Crippen LogP) is 3.47. The summed E-state index contributed by atoms with van der Waals surface area (Å²) in [7, 11) is 3.74. The maximum Gasteiger partial charge on any atom is 0.223 e. The fourth-order valence-corrected chi connectivity index (χ4v) is 4.47. The van der Waals surface area contributed by atoms with Gasteiger partial charge >= 0.3 is 0 Å². The largest absolute Gasteiger partial charge is 0.494 e. The number of fused-ring (bicyclic) bond motifs is 1. The minimum Gasteiger partial charge on any atom is -0.494 e. The van der Waals surface area contributed by atoms with Crippen LogP contribution in [0, 0.1) is 5.92 Å². The molecule has 0 N–H and O–H groups in total. The van der Waals surface area contributed by atoms with Crippen molar-refractivity contribution < 1.29 is 9.53 Å². The second kappa shape index (κ2) is 7.14. The Kier molecular flexibility index (Phi) is 4.70. The van der Waals surface area contributed by atoms with E-state index < -0.39 is 0 Å². The number of pyridine rings is 1. The van der Waals surface area contributed by atoms with Crippen molar-refractivity contribution in [1.82, 2.24) is 9.88 Å². The average Bonchev–Trinajstić information content (AvgIpc) is 3.30. The molecule has 1 saturated heterocycles. The molecule has 4 rings (SSSR count). The molecule has 5 heteroatoms. The van der Waals surface area contributed by atoms with Gasteiger partial charge in [0.2, 0.25) is 5.91 Å². The van der Waals surface area contributed by atoms with Crippen molar-refractivity contribution in [3.63, 3.8) is 0 Å². The first kappa shape index (κ1) is 17.1. The highest BCUT2D eigenvalue weighted by Gasteiger charge is 2.35. The molecule has 138 valence electrons. The van der Waals surface area contributed by atoms with Crippen LogP contribution in [0.15, 0.2) is 30.3 Å². The predicted molar refractivity (Wildman–Crippen MR) is 104 cm³/mol. The lowest BCUT2D eigenvalue weighted by atomic mass is 10.1. The molecule has 0 bridgehead atoms. The van der Waals surface area contributed by atoms with Crippen LogP contribution in [-0.2, 0) is 4.79 Å². The Morgan fingerprint density at radius 2 is 2.04 bits per heavy atom. The lowest BCUT2D eigenvalue weighted by Gasteiger charge is -2.26. The lowest BCUT2D eigenvalue weighted by Crippen LogP contribution is -2.35. The van der Waals surface area contributed by atoms with Crippen molar-refractivity contribution in [2.75, 3.05) is 32.1 Å². The Labute approximate surface area is 154 Å². The highest BCUT2D eigenvalue weighted by molar-refractivity contribution is 5.86. The first-order valence-electron chi connectivity index (χ1n) is 9.60. The van der Waals surface area contributed by atoms with Gasteiger partial charge in [-0.15, -0.1) is 0 Å². The molecule has 5 nitrogen and oxygen atoms in total. The second-order valence-electron chi connectivity index (χ2n) is 7.64. The van der Waals surface area contributed by atoms with E-state index in [4.69, 9.17) is 9.72 Å². The number of amides is 1. The van der Waals surface area contributed by atoms with Gasteiger partial charge in [0.25, 0.3) is 0 Å². The summed E-state index contributed by atoms with van der Waals surface area (Å²) in [5.74, 6) is 2.43. The Hall–Kier alpha value is -2.30. The number of ether oxygens (including phenoxy) is 1. The number of nitrogens with zero attached hydrogens (tertiary/aromatic N) is 3. The first-order chi connectivity index (χ1) is 12.7. The molecule has 1 atom stereocenters. The van der Waals surface area contributed by atoms with Gasteiger partial charge in [-0.25, -0.2) is 4.98 Å². The summed E-state index contributed by atoms with van der Waals surface area (Å²) in [4.78, 5) is 21.5. The minimum absolute atomic E-state index is 0.337. The average molecular weight is 353 g/mol. The van der Waals surface area contributed by atoms with Crippen LogP contribution in [0.25, 0.3) is 10.9 Å². The third-order valence-corrected chi connectivity index (χ3v) is 5.82. The normalized spacial score (nSPS) is 20.9. The topological polar surface area (TPSA) is 45.7 Å². The number of methoxy groups -OCH3 is 1. The fraction of sp³-hybridized carbons (Fsp3) is 0.524. The Balaban J connectivity index is 1.47. The van der Waals surface area contributed by atoms with E-state index in [2.05, 4.69) is 22.9 Å². The summed E-state index contributed by atoms with van der Waals surface area (Å²) in [5.41, 5.74) is 0.884. The summed E-state index contributed by atoms with van der Waals surface area (Å²) in [6, 6.07) is 10.6. The molecule has 2 heterocycles. The highest BCUT2D eigenvalue weighted by atomic mass is 16.5. The Morgan fingerprint density at radius 3 is 2.81 bits per heavy atom. The molecule has 1 aliphatic carbocycles. The van der Waals surface area contributed by atoms with Gasteiger partial charge in [0, 0.05) is 43.9 Å². The molecule has 2 aromatic rings. The lowest BCUT2D eigenvalue weighted by molar-refractivity contribution is -0.129. The van der Waals surface area contributed by atoms with E-state index in [0.29, 0.717) is 24.3 Å². The minimum atomic E-state index is 0.337. The zero-order valence-corrected chi connectivity index (χ0v) is 15.6. The summed E-state index contributed by atoms with van der Waals surface area (Å²) in [6.07, 6.45) is 5.56. The van der Waals surface area contributed by atoms with Crippen LogP contribution < -0.4 is 9.64 Å². The maximum absolute atomic E-state index is 12.4. The van der Waals surface area contributed by atoms with Crippen molar-refractivity contribution in [2.45, 2.75) is 38.1 Å². The summed E-state index contributed by atoms with van der Waals surface area (Å²) < 4.78 is 5.45. The number of likely N-dealkylation sites (tertiary alicyclic amines) is 1. The number of para-hydroxylation sites is 1. The van der Waals surface area contributed by atoms with Crippen LogP contribution in [0.2, 0.25) is 0 Å². The number of aromatic nitrogens is 1. The molecule has 2 fully saturated rings. The molecule has 1 unspecified atom stereocenters. The van der Waals surface area contributed by atoms with Crippen molar-refractivity contribution in [1.29, 1.82) is 0 Å². The number of anilines is 1. The van der Waals surface area contributed by atoms with Crippen molar-refractivity contribution >= 4 is 22.6 Å². The molecule has 1 aliphatic heterocycles. The van der Waals surface area contributed by atoms with Gasteiger partial charge in [-0.1, -0.05) is 25.0 Å². The highest BCUT2D eigenvalue weighted by Crippen LogP contribution is 2.31. The Morgan fingerprint density at radius 1 is 1.23 bits per heavy atom. The number of hydrogen-bond acceptors (Lipinski definition) is 4. The number of rotatable bonds is 5. The smallest absolute Gasteiger partial charge is 0.223 e. The van der Waals surface area contributed by atoms with E-state index >= 15 is 0 Å². The van der Waals surface area contributed by atoms with Crippen molar-refractivity contribution in [3.05, 3.63) is 30.3 Å². The summed E-state index contributed by atoms with van der Waals surface area (Å²) >= 11 is 0. The van der Waals surface area contributed by atoms with Crippen LogP contribution in [0.4, 0.5) is 5.82 Å². The van der Waals surface area contributed by atoms with Gasteiger partial charge in [0.05, 0.1) is 7.11 Å². The van der Waals surface area contributed by atoms with Gasteiger partial charge in [-0.2, -0.15) is 0 Å². The van der Waals surface area contributed by atoms with Crippen LogP contribution in [0.3, 0.4) is 0 Å². The Bertz CT molecular complexity index is 801. The summed E-state index contributed by atoms with van der Waals surface area (Å²) in [6.45, 7) is 1.74. The van der Waals surface area contributed by atoms with Crippen LogP contribution in [0.1, 0.15) is 32.1 Å². The van der Waals surface area contributed by atoms with Crippen LogP contribution in [0.5, 0.6) is 5.75 Å². The SMILES string of the molecule is COc1cccc2ccc(N(C)CC3CC(=O)N(C4CCCC4)C3)nc12. The number of hydrogen-bond donors (Lipinski definition) is 0. The van der Waals surface area contributed by atoms with Gasteiger partial charge in [0.15, 0.2) is 0 Å². The van der Waals surface area contributed by atoms with E-state index in [9.17, 15) is 4.79 Å². The quantitative estimate of drug-likeness (QED) is 0.826. The van der Waals surface area contributed by atoms with Crippen molar-refractivity contribution in [2.24, 2.45) is 5.92 Å². The molecule has 2 aliphatic rings. The molecule has 1 aromatic heterocycles. The number of carbonyl (C=O) groups excluding carboxylic acids is 1. The maximum atomic E-state index is 12.4. The number of carbonyl (C=O) groups is 1. The second-order valence-corrected chi connectivity index (χ2v) is 7.64. The van der Waals surface area contributed by atoms with E-state index in [1.165, 1.54) is 25.7 Å². The molecule has 26 heavy (non-hydrogen) atoms. The van der Waals surface area contributed by atoms with Gasteiger partial charge in [-0.05, 0) is 31.0 Å². The van der Waals surface area contributed by atoms with E-state index in [1.807, 2.05) is 24.3 Å². The molecular weight excluding hydrogens is 326 g/mol. The van der Waals surface area contributed by atoms with Gasteiger partial charge in [-0.3, -0.25) is 4.79 Å². The van der Waals surface area contributed by atoms with Gasteiger partial charge < -0.3 is 14.5 Å². The monoisotopic (exact) mass is 353 g/mol. The summed E-state index contributed by atoms with van der Waals surface area (Å²) in [5, 5.41) is 1.07. The van der Waals surface area contributed by atoms with E-state index in [0.717, 1.165) is 35.6 Å². The third kappa shape index (κ3) is 3.22. The molecular formula is C21H27N3O2. The van der Waals surface area contributed by atoms with Gasteiger partial charge in [0.1, 0.15) is 17.1 Å². The van der Waals surface area contributed by atoms with E-state index in [-0.39, 0.29) is 0 Å². The molecule has 0 radical (unpaired) electrons. The molecule has 1 amide bonds. The zero-order valence-electron chi connectivity index (χ0n) is 15.6. The van der Waals surface area contributed by atoms with Crippen molar-refractivity contribution in [3.8, 4) is 5.75 Å². The fourth-order valence-electron chi connectivity index (χ4n) is 4.47. The molecule has 0 spiro atoms.